The maximum absolute atomic E-state index is 11.8. The van der Waals surface area contributed by atoms with Crippen LogP contribution in [-0.4, -0.2) is 40.3 Å². The molecule has 3 rings (SSSR count). The lowest BCUT2D eigenvalue weighted by molar-refractivity contribution is -0.147. The standard InChI is InChI=1S/C11H17NO4/c1-11(2,3)16-10(15)12-5-6-4-7(12)8(6)9(13)14/h6-8H,4-5H2,1-3H3,(H,13,14)/t6-,7+,8+/m1/s1. The van der Waals surface area contributed by atoms with Crippen molar-refractivity contribution in [3.63, 3.8) is 0 Å². The number of hydrogen-bond acceptors (Lipinski definition) is 3. The lowest BCUT2D eigenvalue weighted by atomic mass is 9.74. The van der Waals surface area contributed by atoms with Gasteiger partial charge in [-0.2, -0.15) is 0 Å². The fourth-order valence-electron chi connectivity index (χ4n) is 2.52. The van der Waals surface area contributed by atoms with E-state index in [2.05, 4.69) is 0 Å². The van der Waals surface area contributed by atoms with Crippen LogP contribution in [0.1, 0.15) is 27.2 Å². The number of rotatable bonds is 1. The Morgan fingerprint density at radius 1 is 1.38 bits per heavy atom. The van der Waals surface area contributed by atoms with Gasteiger partial charge in [-0.15, -0.1) is 0 Å². The van der Waals surface area contributed by atoms with Crippen molar-refractivity contribution >= 4 is 12.1 Å². The van der Waals surface area contributed by atoms with E-state index in [0.29, 0.717) is 6.54 Å². The average molecular weight is 227 g/mol. The van der Waals surface area contributed by atoms with Gasteiger partial charge in [0.1, 0.15) is 5.60 Å². The first kappa shape index (κ1) is 11.2. The van der Waals surface area contributed by atoms with Crippen molar-refractivity contribution in [1.82, 2.24) is 4.90 Å². The summed E-state index contributed by atoms with van der Waals surface area (Å²) >= 11 is 0. The minimum absolute atomic E-state index is 0.120. The molecule has 3 aliphatic rings. The van der Waals surface area contributed by atoms with Crippen LogP contribution in [0.5, 0.6) is 0 Å². The topological polar surface area (TPSA) is 66.8 Å². The van der Waals surface area contributed by atoms with Crippen LogP contribution in [0.2, 0.25) is 0 Å². The molecule has 1 N–H and O–H groups in total. The highest BCUT2D eigenvalue weighted by Gasteiger charge is 2.57. The molecule has 5 nitrogen and oxygen atoms in total. The number of carboxylic acids is 1. The van der Waals surface area contributed by atoms with E-state index >= 15 is 0 Å². The van der Waals surface area contributed by atoms with Crippen LogP contribution >= 0.6 is 0 Å². The molecular weight excluding hydrogens is 210 g/mol. The van der Waals surface area contributed by atoms with Gasteiger partial charge >= 0.3 is 12.1 Å². The van der Waals surface area contributed by atoms with Crippen molar-refractivity contribution in [3.8, 4) is 0 Å². The summed E-state index contributed by atoms with van der Waals surface area (Å²) in [6.45, 7) is 5.94. The predicted molar refractivity (Wildman–Crippen MR) is 56.0 cm³/mol. The Labute approximate surface area is 94.4 Å². The fourth-order valence-corrected chi connectivity index (χ4v) is 2.52. The third-order valence-corrected chi connectivity index (χ3v) is 3.21. The summed E-state index contributed by atoms with van der Waals surface area (Å²) in [6.07, 6.45) is 0.416. The van der Waals surface area contributed by atoms with E-state index in [-0.39, 0.29) is 24.0 Å². The third-order valence-electron chi connectivity index (χ3n) is 3.21. The molecule has 16 heavy (non-hydrogen) atoms. The van der Waals surface area contributed by atoms with Crippen molar-refractivity contribution in [2.24, 2.45) is 11.8 Å². The summed E-state index contributed by atoms with van der Waals surface area (Å²) in [5.41, 5.74) is -0.525. The van der Waals surface area contributed by atoms with Crippen LogP contribution in [-0.2, 0) is 9.53 Å². The molecule has 5 heteroatoms. The van der Waals surface area contributed by atoms with Gasteiger partial charge in [-0.25, -0.2) is 4.79 Å². The minimum Gasteiger partial charge on any atom is -0.481 e. The van der Waals surface area contributed by atoms with Crippen LogP contribution in [0.25, 0.3) is 0 Å². The number of carbonyl (C=O) groups is 2. The number of hydrogen-bond donors (Lipinski definition) is 1. The summed E-state index contributed by atoms with van der Waals surface area (Å²) < 4.78 is 5.24. The van der Waals surface area contributed by atoms with Gasteiger partial charge in [-0.05, 0) is 33.1 Å². The highest BCUT2D eigenvalue weighted by Crippen LogP contribution is 2.46. The van der Waals surface area contributed by atoms with Crippen LogP contribution in [0.15, 0.2) is 0 Å². The molecule has 90 valence electrons. The van der Waals surface area contributed by atoms with E-state index in [1.165, 1.54) is 0 Å². The van der Waals surface area contributed by atoms with E-state index in [1.807, 2.05) is 0 Å². The predicted octanol–water partition coefficient (Wildman–Crippen LogP) is 1.33. The second-order valence-electron chi connectivity index (χ2n) is 5.56. The zero-order chi connectivity index (χ0) is 12.1. The third kappa shape index (κ3) is 1.74. The Balaban J connectivity index is 1.99. The molecule has 0 unspecified atom stereocenters. The van der Waals surface area contributed by atoms with Gasteiger partial charge < -0.3 is 14.7 Å². The maximum atomic E-state index is 11.8. The Morgan fingerprint density at radius 2 is 2.00 bits per heavy atom. The normalized spacial score (nSPS) is 32.2. The molecule has 0 aromatic heterocycles. The molecule has 1 amide bonds. The van der Waals surface area contributed by atoms with Crippen LogP contribution in [0.4, 0.5) is 4.79 Å². The fraction of sp³-hybridized carbons (Fsp3) is 0.818. The second kappa shape index (κ2) is 3.37. The second-order valence-corrected chi connectivity index (χ2v) is 5.56. The van der Waals surface area contributed by atoms with Crippen molar-refractivity contribution in [1.29, 1.82) is 0 Å². The van der Waals surface area contributed by atoms with E-state index in [4.69, 9.17) is 9.84 Å². The lowest BCUT2D eigenvalue weighted by Crippen LogP contribution is -2.46. The molecular formula is C11H17NO4. The molecule has 1 aliphatic carbocycles. The van der Waals surface area contributed by atoms with Crippen molar-refractivity contribution < 1.29 is 19.4 Å². The van der Waals surface area contributed by atoms with Crippen molar-refractivity contribution in [2.45, 2.75) is 38.8 Å². The Morgan fingerprint density at radius 3 is 2.44 bits per heavy atom. The first-order valence-corrected chi connectivity index (χ1v) is 5.52. The zero-order valence-electron chi connectivity index (χ0n) is 9.77. The van der Waals surface area contributed by atoms with Crippen LogP contribution in [0, 0.1) is 11.8 Å². The minimum atomic E-state index is -0.799. The number of carbonyl (C=O) groups excluding carboxylic acids is 1. The quantitative estimate of drug-likeness (QED) is 0.733. The van der Waals surface area contributed by atoms with Gasteiger partial charge in [0.15, 0.2) is 0 Å². The maximum Gasteiger partial charge on any atom is 0.410 e. The number of ether oxygens (including phenoxy) is 1. The summed E-state index contributed by atoms with van der Waals surface area (Å²) in [4.78, 5) is 24.3. The summed E-state index contributed by atoms with van der Waals surface area (Å²) in [5, 5.41) is 8.97. The van der Waals surface area contributed by atoms with Gasteiger partial charge in [0.05, 0.1) is 5.92 Å². The molecule has 3 atom stereocenters. The van der Waals surface area contributed by atoms with Gasteiger partial charge in [0.2, 0.25) is 0 Å². The van der Waals surface area contributed by atoms with E-state index < -0.39 is 11.6 Å². The zero-order valence-corrected chi connectivity index (χ0v) is 9.77. The van der Waals surface area contributed by atoms with Crippen molar-refractivity contribution in [2.75, 3.05) is 6.54 Å². The first-order chi connectivity index (χ1) is 7.29. The Bertz CT molecular complexity index is 333. The van der Waals surface area contributed by atoms with E-state index in [9.17, 15) is 9.59 Å². The molecule has 2 saturated heterocycles. The summed E-state index contributed by atoms with van der Waals surface area (Å²) in [7, 11) is 0. The number of fused-ring (bicyclic) bond motifs is 1. The average Bonchev–Trinajstić information content (AvgIpc) is 2.53. The number of nitrogens with zero attached hydrogens (tertiary/aromatic N) is 1. The van der Waals surface area contributed by atoms with E-state index in [0.717, 1.165) is 6.42 Å². The van der Waals surface area contributed by atoms with Crippen molar-refractivity contribution in [3.05, 3.63) is 0 Å². The van der Waals surface area contributed by atoms with E-state index in [1.54, 1.807) is 25.7 Å². The van der Waals surface area contributed by atoms with Gasteiger partial charge in [0, 0.05) is 12.6 Å². The van der Waals surface area contributed by atoms with Crippen LogP contribution in [0.3, 0.4) is 0 Å². The largest absolute Gasteiger partial charge is 0.481 e. The number of carboxylic acid groups (broad SMARTS) is 1. The Hall–Kier alpha value is -1.26. The molecule has 1 saturated carbocycles. The smallest absolute Gasteiger partial charge is 0.410 e. The van der Waals surface area contributed by atoms with Gasteiger partial charge in [-0.3, -0.25) is 4.79 Å². The SMILES string of the molecule is CC(C)(C)OC(=O)N1C[C@H]2C[C@H]1[C@H]2C(=O)O. The molecule has 0 spiro atoms. The highest BCUT2D eigenvalue weighted by atomic mass is 16.6. The number of aliphatic carboxylic acids is 1. The molecule has 0 aromatic carbocycles. The molecule has 0 radical (unpaired) electrons. The Kier molecular flexibility index (Phi) is 2.36. The highest BCUT2D eigenvalue weighted by molar-refractivity contribution is 5.77. The van der Waals surface area contributed by atoms with Gasteiger partial charge in [-0.1, -0.05) is 0 Å². The molecule has 0 aromatic rings. The van der Waals surface area contributed by atoms with Crippen LogP contribution < -0.4 is 0 Å². The van der Waals surface area contributed by atoms with Gasteiger partial charge in [0.25, 0.3) is 0 Å². The monoisotopic (exact) mass is 227 g/mol. The molecule has 3 fully saturated rings. The molecule has 2 heterocycles. The number of amides is 1. The molecule has 2 bridgehead atoms. The lowest BCUT2D eigenvalue weighted by Gasteiger charge is -2.33. The molecule has 2 aliphatic heterocycles. The first-order valence-electron chi connectivity index (χ1n) is 5.52. The summed E-state index contributed by atoms with van der Waals surface area (Å²) in [6, 6.07) is -0.155. The summed E-state index contributed by atoms with van der Waals surface area (Å²) in [5.74, 6) is -1.06.